The van der Waals surface area contributed by atoms with Crippen LogP contribution in [0.15, 0.2) is 0 Å². The Balaban J connectivity index is 1.64. The fraction of sp³-hybridized carbons (Fsp3) is 0.938. The summed E-state index contributed by atoms with van der Waals surface area (Å²) in [6.07, 6.45) is 7.66. The molecule has 1 amide bonds. The highest BCUT2D eigenvalue weighted by Crippen LogP contribution is 2.49. The molecule has 3 aliphatic rings. The van der Waals surface area contributed by atoms with Gasteiger partial charge in [0.15, 0.2) is 0 Å². The zero-order chi connectivity index (χ0) is 13.4. The third-order valence-corrected chi connectivity index (χ3v) is 5.54. The van der Waals surface area contributed by atoms with Crippen LogP contribution in [0, 0.1) is 17.8 Å². The van der Waals surface area contributed by atoms with Gasteiger partial charge in [-0.1, -0.05) is 6.42 Å². The second-order valence-electron chi connectivity index (χ2n) is 7.16. The Hall–Kier alpha value is -0.570. The van der Waals surface area contributed by atoms with E-state index in [0.717, 1.165) is 19.0 Å². The number of nitrogens with zero attached hydrogens (tertiary/aromatic N) is 1. The van der Waals surface area contributed by atoms with E-state index in [9.17, 15) is 4.79 Å². The highest BCUT2D eigenvalue weighted by Gasteiger charge is 2.44. The first-order valence-corrected chi connectivity index (χ1v) is 8.19. The lowest BCUT2D eigenvalue weighted by molar-refractivity contribution is -0.139. The first-order valence-electron chi connectivity index (χ1n) is 8.19. The zero-order valence-electron chi connectivity index (χ0n) is 12.4. The Morgan fingerprint density at radius 3 is 2.63 bits per heavy atom. The van der Waals surface area contributed by atoms with Crippen LogP contribution < -0.4 is 5.32 Å². The molecule has 3 fully saturated rings. The molecule has 0 aromatic rings. The molecule has 2 bridgehead atoms. The van der Waals surface area contributed by atoms with Crippen molar-refractivity contribution in [3.8, 4) is 0 Å². The minimum absolute atomic E-state index is 0.342. The van der Waals surface area contributed by atoms with Crippen LogP contribution in [0.4, 0.5) is 0 Å². The molecule has 0 spiro atoms. The molecule has 3 nitrogen and oxygen atoms in total. The lowest BCUT2D eigenvalue weighted by atomic mass is 9.87. The molecule has 4 atom stereocenters. The minimum atomic E-state index is 0.342. The number of rotatable bonds is 4. The fourth-order valence-corrected chi connectivity index (χ4v) is 4.47. The second kappa shape index (κ2) is 5.43. The maximum atomic E-state index is 12.9. The van der Waals surface area contributed by atoms with Crippen molar-refractivity contribution < 1.29 is 4.79 Å². The Morgan fingerprint density at radius 1 is 1.26 bits per heavy atom. The molecular weight excluding hydrogens is 236 g/mol. The third-order valence-electron chi connectivity index (χ3n) is 5.54. The second-order valence-corrected chi connectivity index (χ2v) is 7.16. The van der Waals surface area contributed by atoms with Crippen LogP contribution >= 0.6 is 0 Å². The van der Waals surface area contributed by atoms with Gasteiger partial charge in [0.1, 0.15) is 0 Å². The van der Waals surface area contributed by atoms with E-state index < -0.39 is 0 Å². The number of amides is 1. The lowest BCUT2D eigenvalue weighted by Gasteiger charge is -2.34. The number of nitrogens with one attached hydrogen (secondary N) is 1. The molecule has 3 rings (SSSR count). The topological polar surface area (TPSA) is 32.3 Å². The molecule has 2 saturated carbocycles. The predicted molar refractivity (Wildman–Crippen MR) is 76.8 cm³/mol. The average Bonchev–Trinajstić information content (AvgIpc) is 3.11. The van der Waals surface area contributed by atoms with Gasteiger partial charge >= 0.3 is 0 Å². The summed E-state index contributed by atoms with van der Waals surface area (Å²) in [6, 6.07) is 0.874. The minimum Gasteiger partial charge on any atom is -0.338 e. The van der Waals surface area contributed by atoms with Gasteiger partial charge in [0.2, 0.25) is 5.91 Å². The van der Waals surface area contributed by atoms with Gasteiger partial charge in [0.05, 0.1) is 0 Å². The Labute approximate surface area is 117 Å². The monoisotopic (exact) mass is 264 g/mol. The van der Waals surface area contributed by atoms with Crippen molar-refractivity contribution in [1.82, 2.24) is 10.2 Å². The molecule has 2 aliphatic carbocycles. The van der Waals surface area contributed by atoms with E-state index in [1.54, 1.807) is 0 Å². The number of hydrogen-bond donors (Lipinski definition) is 1. The van der Waals surface area contributed by atoms with Gasteiger partial charge in [0, 0.05) is 24.5 Å². The van der Waals surface area contributed by atoms with E-state index >= 15 is 0 Å². The largest absolute Gasteiger partial charge is 0.338 e. The first kappa shape index (κ1) is 13.4. The summed E-state index contributed by atoms with van der Waals surface area (Å²) in [5, 5.41) is 3.53. The third kappa shape index (κ3) is 2.67. The Bertz CT molecular complexity index is 336. The van der Waals surface area contributed by atoms with E-state index in [-0.39, 0.29) is 0 Å². The average molecular weight is 264 g/mol. The van der Waals surface area contributed by atoms with Gasteiger partial charge < -0.3 is 10.2 Å². The normalized spacial score (nSPS) is 37.2. The van der Waals surface area contributed by atoms with E-state index in [1.165, 1.54) is 38.5 Å². The zero-order valence-corrected chi connectivity index (χ0v) is 12.4. The van der Waals surface area contributed by atoms with Crippen LogP contribution in [0.3, 0.4) is 0 Å². The summed E-state index contributed by atoms with van der Waals surface area (Å²) in [4.78, 5) is 15.0. The van der Waals surface area contributed by atoms with Crippen molar-refractivity contribution in [2.45, 2.75) is 64.5 Å². The molecule has 0 aromatic heterocycles. The molecule has 19 heavy (non-hydrogen) atoms. The number of hydrogen-bond acceptors (Lipinski definition) is 2. The summed E-state index contributed by atoms with van der Waals surface area (Å²) >= 11 is 0. The SMILES string of the molecule is CC(C)N(CC1CCCN1)C(=O)C1CC2CCC1C2. The maximum Gasteiger partial charge on any atom is 0.226 e. The highest BCUT2D eigenvalue weighted by molar-refractivity contribution is 5.80. The van der Waals surface area contributed by atoms with E-state index in [1.807, 2.05) is 0 Å². The highest BCUT2D eigenvalue weighted by atomic mass is 16.2. The standard InChI is InChI=1S/C16H28N2O/c1-11(2)18(10-14-4-3-7-17-14)16(19)15-9-12-5-6-13(15)8-12/h11-15,17H,3-10H2,1-2H3. The Morgan fingerprint density at radius 2 is 2.11 bits per heavy atom. The molecule has 4 unspecified atom stereocenters. The van der Waals surface area contributed by atoms with Gasteiger partial charge in [-0.15, -0.1) is 0 Å². The molecule has 1 saturated heterocycles. The molecule has 108 valence electrons. The van der Waals surface area contributed by atoms with E-state index in [4.69, 9.17) is 0 Å². The molecule has 0 radical (unpaired) electrons. The van der Waals surface area contributed by atoms with Crippen LogP contribution in [-0.2, 0) is 4.79 Å². The maximum absolute atomic E-state index is 12.9. The number of carbonyl (C=O) groups excluding carboxylic acids is 1. The van der Waals surface area contributed by atoms with Crippen molar-refractivity contribution in [3.63, 3.8) is 0 Å². The van der Waals surface area contributed by atoms with Gasteiger partial charge in [-0.2, -0.15) is 0 Å². The van der Waals surface area contributed by atoms with Crippen molar-refractivity contribution in [2.75, 3.05) is 13.1 Å². The first-order chi connectivity index (χ1) is 9.15. The Kier molecular flexibility index (Phi) is 3.84. The summed E-state index contributed by atoms with van der Waals surface area (Å²) in [7, 11) is 0. The predicted octanol–water partition coefficient (Wildman–Crippen LogP) is 2.41. The molecule has 1 heterocycles. The smallest absolute Gasteiger partial charge is 0.226 e. The number of fused-ring (bicyclic) bond motifs is 2. The van der Waals surface area contributed by atoms with Crippen LogP contribution in [0.25, 0.3) is 0 Å². The van der Waals surface area contributed by atoms with Gasteiger partial charge in [-0.25, -0.2) is 0 Å². The molecule has 1 aliphatic heterocycles. The molecule has 3 heteroatoms. The van der Waals surface area contributed by atoms with Gasteiger partial charge in [-0.3, -0.25) is 4.79 Å². The molecule has 1 N–H and O–H groups in total. The van der Waals surface area contributed by atoms with Crippen molar-refractivity contribution in [1.29, 1.82) is 0 Å². The van der Waals surface area contributed by atoms with Crippen LogP contribution in [0.2, 0.25) is 0 Å². The summed E-state index contributed by atoms with van der Waals surface area (Å²) < 4.78 is 0. The van der Waals surface area contributed by atoms with Crippen molar-refractivity contribution in [2.24, 2.45) is 17.8 Å². The quantitative estimate of drug-likeness (QED) is 0.845. The summed E-state index contributed by atoms with van der Waals surface area (Å²) in [5.41, 5.74) is 0. The van der Waals surface area contributed by atoms with E-state index in [0.29, 0.717) is 29.8 Å². The molecular formula is C16H28N2O. The summed E-state index contributed by atoms with van der Waals surface area (Å²) in [6.45, 7) is 6.38. The van der Waals surface area contributed by atoms with Crippen LogP contribution in [0.1, 0.15) is 52.4 Å². The molecule has 0 aromatic carbocycles. The van der Waals surface area contributed by atoms with Crippen molar-refractivity contribution in [3.05, 3.63) is 0 Å². The van der Waals surface area contributed by atoms with Crippen LogP contribution in [-0.4, -0.2) is 36.0 Å². The van der Waals surface area contributed by atoms with E-state index in [2.05, 4.69) is 24.1 Å². The van der Waals surface area contributed by atoms with Gasteiger partial charge in [-0.05, 0) is 64.3 Å². The fourth-order valence-electron chi connectivity index (χ4n) is 4.47. The van der Waals surface area contributed by atoms with Crippen LogP contribution in [0.5, 0.6) is 0 Å². The number of carbonyl (C=O) groups is 1. The lowest BCUT2D eigenvalue weighted by Crippen LogP contribution is -2.48. The summed E-state index contributed by atoms with van der Waals surface area (Å²) in [5.74, 6) is 2.37. The van der Waals surface area contributed by atoms with Gasteiger partial charge in [0.25, 0.3) is 0 Å². The van der Waals surface area contributed by atoms with Crippen molar-refractivity contribution >= 4 is 5.91 Å².